The second kappa shape index (κ2) is 5.54. The van der Waals surface area contributed by atoms with Crippen molar-refractivity contribution >= 4 is 27.5 Å². The van der Waals surface area contributed by atoms with Crippen molar-refractivity contribution < 1.29 is 12.8 Å². The maximum absolute atomic E-state index is 14.0. The lowest BCUT2D eigenvalue weighted by Gasteiger charge is -2.23. The van der Waals surface area contributed by atoms with Gasteiger partial charge in [0.05, 0.1) is 0 Å². The van der Waals surface area contributed by atoms with E-state index in [1.165, 1.54) is 13.0 Å². The van der Waals surface area contributed by atoms with E-state index < -0.39 is 15.8 Å². The number of hydrogen-bond donors (Lipinski definition) is 2. The molecule has 0 spiro atoms. The van der Waals surface area contributed by atoms with Crippen LogP contribution in [0.4, 0.5) is 10.1 Å². The first-order valence-corrected chi connectivity index (χ1v) is 8.90. The van der Waals surface area contributed by atoms with Crippen LogP contribution in [0.5, 0.6) is 0 Å². The van der Waals surface area contributed by atoms with Crippen LogP contribution in [0, 0.1) is 12.7 Å². The number of nitrogens with one attached hydrogen (secondary N) is 1. The van der Waals surface area contributed by atoms with E-state index in [-0.39, 0.29) is 20.9 Å². The maximum Gasteiger partial charge on any atom is 0.243 e. The van der Waals surface area contributed by atoms with Crippen LogP contribution in [0.3, 0.4) is 0 Å². The highest BCUT2D eigenvalue weighted by Gasteiger charge is 2.32. The number of sulfonamides is 1. The predicted molar refractivity (Wildman–Crippen MR) is 80.8 cm³/mol. The summed E-state index contributed by atoms with van der Waals surface area (Å²) in [6.07, 6.45) is 2.03. The molecule has 1 aromatic carbocycles. The van der Waals surface area contributed by atoms with Crippen molar-refractivity contribution in [2.24, 2.45) is 0 Å². The highest BCUT2D eigenvalue weighted by Crippen LogP contribution is 2.37. The predicted octanol–water partition coefficient (Wildman–Crippen LogP) is 2.28. The Kier molecular flexibility index (Phi) is 4.32. The molecule has 1 aromatic rings. The summed E-state index contributed by atoms with van der Waals surface area (Å²) in [7, 11) is -3.88. The number of nitrogen functional groups attached to an aromatic ring is 1. The van der Waals surface area contributed by atoms with Crippen LogP contribution in [-0.4, -0.2) is 25.5 Å². The van der Waals surface area contributed by atoms with Crippen molar-refractivity contribution in [3.63, 3.8) is 0 Å². The number of rotatable bonds is 4. The minimum Gasteiger partial charge on any atom is -0.399 e. The van der Waals surface area contributed by atoms with Gasteiger partial charge < -0.3 is 5.73 Å². The molecule has 0 saturated carbocycles. The van der Waals surface area contributed by atoms with Gasteiger partial charge in [0, 0.05) is 17.0 Å². The first kappa shape index (κ1) is 15.6. The quantitative estimate of drug-likeness (QED) is 0.836. The third kappa shape index (κ3) is 3.27. The average molecular weight is 318 g/mol. The van der Waals surface area contributed by atoms with Crippen molar-refractivity contribution in [2.75, 3.05) is 18.0 Å². The van der Waals surface area contributed by atoms with Crippen LogP contribution in [0.1, 0.15) is 25.3 Å². The fourth-order valence-corrected chi connectivity index (χ4v) is 4.95. The van der Waals surface area contributed by atoms with E-state index in [2.05, 4.69) is 4.72 Å². The summed E-state index contributed by atoms with van der Waals surface area (Å²) in [4.78, 5) is -0.374. The number of anilines is 1. The molecule has 112 valence electrons. The normalized spacial score (nSPS) is 23.1. The van der Waals surface area contributed by atoms with E-state index >= 15 is 0 Å². The lowest BCUT2D eigenvalue weighted by atomic mass is 10.1. The van der Waals surface area contributed by atoms with Gasteiger partial charge in [0.1, 0.15) is 10.7 Å². The zero-order chi connectivity index (χ0) is 15.0. The number of thioether (sulfide) groups is 1. The summed E-state index contributed by atoms with van der Waals surface area (Å²) < 4.78 is 40.9. The summed E-state index contributed by atoms with van der Waals surface area (Å²) in [6.45, 7) is 3.82. The van der Waals surface area contributed by atoms with Gasteiger partial charge in [-0.1, -0.05) is 0 Å². The zero-order valence-corrected chi connectivity index (χ0v) is 13.2. The second-order valence-corrected chi connectivity index (χ2v) is 8.79. The molecule has 0 amide bonds. The van der Waals surface area contributed by atoms with Crippen molar-refractivity contribution in [1.29, 1.82) is 0 Å². The number of nitrogens with two attached hydrogens (primary N) is 1. The van der Waals surface area contributed by atoms with Crippen molar-refractivity contribution in [2.45, 2.75) is 36.3 Å². The monoisotopic (exact) mass is 318 g/mol. The van der Waals surface area contributed by atoms with E-state index in [1.807, 2.05) is 6.92 Å². The van der Waals surface area contributed by atoms with Crippen molar-refractivity contribution in [3.8, 4) is 0 Å². The van der Waals surface area contributed by atoms with Gasteiger partial charge in [0.15, 0.2) is 0 Å². The van der Waals surface area contributed by atoms with Crippen LogP contribution in [0.15, 0.2) is 17.0 Å². The SMILES string of the molecule is Cc1cc(N)cc(S(=O)(=O)NCC2(C)CCCS2)c1F. The fourth-order valence-electron chi connectivity index (χ4n) is 2.26. The number of aryl methyl sites for hydroxylation is 1. The summed E-state index contributed by atoms with van der Waals surface area (Å²) in [5, 5.41) is 0. The molecule has 3 N–H and O–H groups in total. The second-order valence-electron chi connectivity index (χ2n) is 5.38. The molecule has 2 rings (SSSR count). The Morgan fingerprint density at radius 3 is 2.80 bits per heavy atom. The first-order chi connectivity index (χ1) is 9.23. The van der Waals surface area contributed by atoms with E-state index in [0.717, 1.165) is 24.7 Å². The molecule has 1 aliphatic heterocycles. The van der Waals surface area contributed by atoms with Crippen LogP contribution in [-0.2, 0) is 10.0 Å². The Balaban J connectivity index is 2.22. The Morgan fingerprint density at radius 1 is 1.50 bits per heavy atom. The summed E-state index contributed by atoms with van der Waals surface area (Å²) in [5.74, 6) is 0.292. The summed E-state index contributed by atoms with van der Waals surface area (Å²) >= 11 is 1.75. The van der Waals surface area contributed by atoms with E-state index in [4.69, 9.17) is 5.73 Å². The highest BCUT2D eigenvalue weighted by molar-refractivity contribution is 8.01. The summed E-state index contributed by atoms with van der Waals surface area (Å²) in [5.41, 5.74) is 6.08. The lowest BCUT2D eigenvalue weighted by molar-refractivity contribution is 0.537. The van der Waals surface area contributed by atoms with Crippen molar-refractivity contribution in [1.82, 2.24) is 4.72 Å². The molecule has 1 atom stereocenters. The van der Waals surface area contributed by atoms with Gasteiger partial charge in [0.25, 0.3) is 0 Å². The highest BCUT2D eigenvalue weighted by atomic mass is 32.2. The van der Waals surface area contributed by atoms with E-state index in [1.54, 1.807) is 11.8 Å². The Hall–Kier alpha value is -0.790. The van der Waals surface area contributed by atoms with Gasteiger partial charge in [-0.3, -0.25) is 0 Å². The van der Waals surface area contributed by atoms with E-state index in [9.17, 15) is 12.8 Å². The molecule has 4 nitrogen and oxygen atoms in total. The van der Waals surface area contributed by atoms with Gasteiger partial charge in [-0.2, -0.15) is 11.8 Å². The van der Waals surface area contributed by atoms with Gasteiger partial charge >= 0.3 is 0 Å². The largest absolute Gasteiger partial charge is 0.399 e. The number of halogens is 1. The molecule has 0 bridgehead atoms. The van der Waals surface area contributed by atoms with Gasteiger partial charge in [-0.05, 0) is 50.1 Å². The standard InChI is InChI=1S/C13H19FN2O2S2/c1-9-6-10(15)7-11(12(9)14)20(17,18)16-8-13(2)4-3-5-19-13/h6-7,16H,3-5,8,15H2,1-2H3. The Labute approximate surface area is 123 Å². The molecule has 0 aromatic heterocycles. The Morgan fingerprint density at radius 2 is 2.20 bits per heavy atom. The number of benzene rings is 1. The molecule has 0 radical (unpaired) electrons. The average Bonchev–Trinajstić information content (AvgIpc) is 2.79. The van der Waals surface area contributed by atoms with Gasteiger partial charge in [-0.15, -0.1) is 0 Å². The minimum atomic E-state index is -3.88. The topological polar surface area (TPSA) is 72.2 Å². The molecule has 1 saturated heterocycles. The van der Waals surface area contributed by atoms with E-state index in [0.29, 0.717) is 6.54 Å². The van der Waals surface area contributed by atoms with Gasteiger partial charge in [0.2, 0.25) is 10.0 Å². The fraction of sp³-hybridized carbons (Fsp3) is 0.538. The third-order valence-corrected chi connectivity index (χ3v) is 6.41. The molecular weight excluding hydrogens is 299 g/mol. The van der Waals surface area contributed by atoms with Gasteiger partial charge in [-0.25, -0.2) is 17.5 Å². The smallest absolute Gasteiger partial charge is 0.243 e. The molecule has 0 aliphatic carbocycles. The third-order valence-electron chi connectivity index (χ3n) is 3.47. The molecule has 1 aliphatic rings. The number of hydrogen-bond acceptors (Lipinski definition) is 4. The van der Waals surface area contributed by atoms with Crippen molar-refractivity contribution in [3.05, 3.63) is 23.5 Å². The van der Waals surface area contributed by atoms with Crippen LogP contribution >= 0.6 is 11.8 Å². The Bertz CT molecular complexity index is 611. The zero-order valence-electron chi connectivity index (χ0n) is 11.6. The lowest BCUT2D eigenvalue weighted by Crippen LogP contribution is -2.37. The molecular formula is C13H19FN2O2S2. The summed E-state index contributed by atoms with van der Waals surface area (Å²) in [6, 6.07) is 2.58. The molecule has 20 heavy (non-hydrogen) atoms. The molecule has 7 heteroatoms. The van der Waals surface area contributed by atoms with Crippen LogP contribution in [0.25, 0.3) is 0 Å². The van der Waals surface area contributed by atoms with Crippen LogP contribution < -0.4 is 10.5 Å². The molecule has 1 unspecified atom stereocenters. The maximum atomic E-state index is 14.0. The van der Waals surface area contributed by atoms with Crippen LogP contribution in [0.2, 0.25) is 0 Å². The molecule has 1 fully saturated rings. The molecule has 1 heterocycles. The minimum absolute atomic E-state index is 0.112. The first-order valence-electron chi connectivity index (χ1n) is 6.43.